The minimum absolute atomic E-state index is 0.217. The van der Waals surface area contributed by atoms with Crippen molar-refractivity contribution >= 4 is 17.6 Å². The second kappa shape index (κ2) is 9.73. The van der Waals surface area contributed by atoms with Crippen molar-refractivity contribution in [3.8, 4) is 5.75 Å². The van der Waals surface area contributed by atoms with Crippen molar-refractivity contribution in [2.45, 2.75) is 32.9 Å². The molecule has 0 spiro atoms. The van der Waals surface area contributed by atoms with Crippen LogP contribution in [0.5, 0.6) is 5.75 Å². The van der Waals surface area contributed by atoms with Crippen LogP contribution in [0.25, 0.3) is 0 Å². The Hall–Kier alpha value is -2.86. The molecule has 0 radical (unpaired) electrons. The Labute approximate surface area is 159 Å². The molecule has 0 saturated heterocycles. The van der Waals surface area contributed by atoms with Gasteiger partial charge in [-0.05, 0) is 54.3 Å². The minimum Gasteiger partial charge on any atom is -0.497 e. The maximum atomic E-state index is 12.4. The van der Waals surface area contributed by atoms with Crippen LogP contribution in [0, 0.1) is 5.92 Å². The number of ether oxygens (including phenoxy) is 1. The molecule has 3 N–H and O–H groups in total. The number of carbonyl (C=O) groups is 2. The number of methoxy groups -OCH3 is 1. The van der Waals surface area contributed by atoms with Crippen LogP contribution >= 0.6 is 0 Å². The van der Waals surface area contributed by atoms with Gasteiger partial charge in [0.2, 0.25) is 0 Å². The molecule has 2 aromatic rings. The third-order valence-corrected chi connectivity index (χ3v) is 4.09. The van der Waals surface area contributed by atoms with Crippen LogP contribution in [0.4, 0.5) is 5.69 Å². The summed E-state index contributed by atoms with van der Waals surface area (Å²) in [5.74, 6) is -0.0960. The van der Waals surface area contributed by atoms with Crippen molar-refractivity contribution < 1.29 is 19.4 Å². The summed E-state index contributed by atoms with van der Waals surface area (Å²) in [6.07, 6.45) is 0.559. The molecule has 2 rings (SSSR count). The first-order valence-corrected chi connectivity index (χ1v) is 8.89. The summed E-state index contributed by atoms with van der Waals surface area (Å²) >= 11 is 0. The van der Waals surface area contributed by atoms with Crippen LogP contribution in [-0.4, -0.2) is 30.1 Å². The van der Waals surface area contributed by atoms with Gasteiger partial charge in [0.1, 0.15) is 11.8 Å². The highest BCUT2D eigenvalue weighted by Crippen LogP contribution is 2.15. The van der Waals surface area contributed by atoms with Gasteiger partial charge in [0.15, 0.2) is 0 Å². The number of aliphatic carboxylic acids is 1. The van der Waals surface area contributed by atoms with E-state index in [1.807, 2.05) is 32.0 Å². The van der Waals surface area contributed by atoms with Crippen LogP contribution in [0.2, 0.25) is 0 Å². The predicted octanol–water partition coefficient (Wildman–Crippen LogP) is 3.54. The van der Waals surface area contributed by atoms with E-state index >= 15 is 0 Å². The standard InChI is InChI=1S/C21H26N2O4/c1-14(2)11-19(21(25)26)22-13-15-5-4-6-17(12-15)23-20(24)16-7-9-18(27-3)10-8-16/h4-10,12,14,19,22H,11,13H2,1-3H3,(H,23,24)(H,25,26)/t19-/m0/s1. The molecule has 0 unspecified atom stereocenters. The normalized spacial score (nSPS) is 11.9. The number of rotatable bonds is 9. The van der Waals surface area contributed by atoms with Crippen LogP contribution < -0.4 is 15.4 Å². The minimum atomic E-state index is -0.854. The van der Waals surface area contributed by atoms with Crippen molar-refractivity contribution in [1.29, 1.82) is 0 Å². The lowest BCUT2D eigenvalue weighted by atomic mass is 10.0. The van der Waals surface area contributed by atoms with Gasteiger partial charge in [-0.1, -0.05) is 26.0 Å². The van der Waals surface area contributed by atoms with E-state index in [1.54, 1.807) is 37.4 Å². The van der Waals surface area contributed by atoms with Gasteiger partial charge < -0.3 is 20.5 Å². The molecule has 0 heterocycles. The smallest absolute Gasteiger partial charge is 0.320 e. The Kier molecular flexibility index (Phi) is 7.37. The largest absolute Gasteiger partial charge is 0.497 e. The predicted molar refractivity (Wildman–Crippen MR) is 105 cm³/mol. The third kappa shape index (κ3) is 6.42. The van der Waals surface area contributed by atoms with Crippen molar-refractivity contribution in [1.82, 2.24) is 5.32 Å². The lowest BCUT2D eigenvalue weighted by Crippen LogP contribution is -2.37. The van der Waals surface area contributed by atoms with Gasteiger partial charge in [-0.25, -0.2) is 0 Å². The van der Waals surface area contributed by atoms with Crippen molar-refractivity contribution in [2.75, 3.05) is 12.4 Å². The maximum Gasteiger partial charge on any atom is 0.320 e. The molecule has 6 nitrogen and oxygen atoms in total. The SMILES string of the molecule is COc1ccc(C(=O)Nc2cccc(CN[C@@H](CC(C)C)C(=O)O)c2)cc1. The van der Waals surface area contributed by atoms with E-state index < -0.39 is 12.0 Å². The Morgan fingerprint density at radius 2 is 1.81 bits per heavy atom. The molecule has 6 heteroatoms. The summed E-state index contributed by atoms with van der Waals surface area (Å²) in [7, 11) is 1.57. The molecule has 144 valence electrons. The first-order chi connectivity index (χ1) is 12.9. The zero-order chi connectivity index (χ0) is 19.8. The monoisotopic (exact) mass is 370 g/mol. The van der Waals surface area contributed by atoms with E-state index in [0.717, 1.165) is 5.56 Å². The number of carboxylic acid groups (broad SMARTS) is 1. The quantitative estimate of drug-likeness (QED) is 0.628. The molecule has 0 fully saturated rings. The average Bonchev–Trinajstić information content (AvgIpc) is 2.65. The first kappa shape index (κ1) is 20.5. The fraction of sp³-hybridized carbons (Fsp3) is 0.333. The van der Waals surface area contributed by atoms with Crippen molar-refractivity contribution in [3.63, 3.8) is 0 Å². The van der Waals surface area contributed by atoms with Crippen LogP contribution in [0.3, 0.4) is 0 Å². The number of nitrogens with one attached hydrogen (secondary N) is 2. The molecule has 0 aliphatic heterocycles. The number of carbonyl (C=O) groups excluding carboxylic acids is 1. The lowest BCUT2D eigenvalue weighted by molar-refractivity contribution is -0.140. The Morgan fingerprint density at radius 3 is 2.41 bits per heavy atom. The highest BCUT2D eigenvalue weighted by molar-refractivity contribution is 6.04. The summed E-state index contributed by atoms with van der Waals surface area (Å²) in [6, 6.07) is 13.6. The summed E-state index contributed by atoms with van der Waals surface area (Å²) in [4.78, 5) is 23.7. The lowest BCUT2D eigenvalue weighted by Gasteiger charge is -2.17. The van der Waals surface area contributed by atoms with Crippen LogP contribution in [0.1, 0.15) is 36.2 Å². The summed E-state index contributed by atoms with van der Waals surface area (Å²) in [6.45, 7) is 4.40. The first-order valence-electron chi connectivity index (χ1n) is 8.89. The zero-order valence-corrected chi connectivity index (χ0v) is 15.9. The Morgan fingerprint density at radius 1 is 1.11 bits per heavy atom. The second-order valence-electron chi connectivity index (χ2n) is 6.78. The highest BCUT2D eigenvalue weighted by Gasteiger charge is 2.18. The maximum absolute atomic E-state index is 12.4. The average molecular weight is 370 g/mol. The van der Waals surface area contributed by atoms with Crippen LogP contribution in [-0.2, 0) is 11.3 Å². The van der Waals surface area contributed by atoms with Crippen molar-refractivity contribution in [2.24, 2.45) is 5.92 Å². The molecule has 27 heavy (non-hydrogen) atoms. The molecule has 0 saturated carbocycles. The van der Waals surface area contributed by atoms with E-state index in [1.165, 1.54) is 0 Å². The molecule has 0 bridgehead atoms. The van der Waals surface area contributed by atoms with E-state index in [4.69, 9.17) is 4.74 Å². The van der Waals surface area contributed by atoms with Gasteiger partial charge in [0.25, 0.3) is 5.91 Å². The highest BCUT2D eigenvalue weighted by atomic mass is 16.5. The number of hydrogen-bond donors (Lipinski definition) is 3. The Balaban J connectivity index is 1.99. The van der Waals surface area contributed by atoms with Crippen LogP contribution in [0.15, 0.2) is 48.5 Å². The molecule has 0 aromatic heterocycles. The van der Waals surface area contributed by atoms with E-state index in [2.05, 4.69) is 10.6 Å². The number of anilines is 1. The van der Waals surface area contributed by atoms with Gasteiger partial charge in [0, 0.05) is 17.8 Å². The van der Waals surface area contributed by atoms with Gasteiger partial charge in [-0.15, -0.1) is 0 Å². The third-order valence-electron chi connectivity index (χ3n) is 4.09. The van der Waals surface area contributed by atoms with Gasteiger partial charge >= 0.3 is 5.97 Å². The Bertz CT molecular complexity index is 772. The number of hydrogen-bond acceptors (Lipinski definition) is 4. The second-order valence-corrected chi connectivity index (χ2v) is 6.78. The summed E-state index contributed by atoms with van der Waals surface area (Å²) in [5, 5.41) is 15.2. The number of carboxylic acids is 1. The fourth-order valence-electron chi connectivity index (χ4n) is 2.69. The molecule has 2 aromatic carbocycles. The van der Waals surface area contributed by atoms with Gasteiger partial charge in [0.05, 0.1) is 7.11 Å². The number of benzene rings is 2. The topological polar surface area (TPSA) is 87.7 Å². The molecule has 1 atom stereocenters. The molecular weight excluding hydrogens is 344 g/mol. The fourth-order valence-corrected chi connectivity index (χ4v) is 2.69. The molecule has 1 amide bonds. The number of amides is 1. The van der Waals surface area contributed by atoms with Gasteiger partial charge in [-0.2, -0.15) is 0 Å². The molecular formula is C21H26N2O4. The van der Waals surface area contributed by atoms with Crippen molar-refractivity contribution in [3.05, 3.63) is 59.7 Å². The van der Waals surface area contributed by atoms with Gasteiger partial charge in [-0.3, -0.25) is 9.59 Å². The summed E-state index contributed by atoms with van der Waals surface area (Å²) < 4.78 is 5.09. The molecule has 0 aliphatic rings. The van der Waals surface area contributed by atoms with E-state index in [-0.39, 0.29) is 11.8 Å². The van der Waals surface area contributed by atoms with E-state index in [0.29, 0.717) is 30.0 Å². The molecule has 0 aliphatic carbocycles. The zero-order valence-electron chi connectivity index (χ0n) is 15.9. The summed E-state index contributed by atoms with van der Waals surface area (Å²) in [5.41, 5.74) is 2.09. The van der Waals surface area contributed by atoms with E-state index in [9.17, 15) is 14.7 Å².